The van der Waals surface area contributed by atoms with Crippen molar-refractivity contribution in [3.8, 4) is 5.75 Å². The average molecular weight is 214 g/mol. The van der Waals surface area contributed by atoms with Crippen LogP contribution in [0.15, 0.2) is 11.4 Å². The van der Waals surface area contributed by atoms with Crippen molar-refractivity contribution in [2.45, 2.75) is 32.8 Å². The Bertz CT molecular complexity index is 266. The lowest BCUT2D eigenvalue weighted by atomic mass is 9.95. The summed E-state index contributed by atoms with van der Waals surface area (Å²) in [4.78, 5) is 0.959. The molecule has 3 heteroatoms. The largest absolute Gasteiger partial charge is 0.495 e. The lowest BCUT2D eigenvalue weighted by Crippen LogP contribution is -2.10. The molecule has 0 bridgehead atoms. The number of rotatable bonds is 5. The van der Waals surface area contributed by atoms with Gasteiger partial charge in [0, 0.05) is 0 Å². The van der Waals surface area contributed by atoms with E-state index in [0.29, 0.717) is 5.92 Å². The van der Waals surface area contributed by atoms with E-state index in [2.05, 4.69) is 13.8 Å². The van der Waals surface area contributed by atoms with Crippen LogP contribution in [0.5, 0.6) is 5.75 Å². The summed E-state index contributed by atoms with van der Waals surface area (Å²) in [5.74, 6) is 1.15. The van der Waals surface area contributed by atoms with Crippen molar-refractivity contribution >= 4 is 11.3 Å². The topological polar surface area (TPSA) is 29.5 Å². The first-order chi connectivity index (χ1) is 6.74. The summed E-state index contributed by atoms with van der Waals surface area (Å²) in [6, 6.07) is 1.91. The minimum atomic E-state index is -0.375. The van der Waals surface area contributed by atoms with Gasteiger partial charge in [-0.15, -0.1) is 11.3 Å². The van der Waals surface area contributed by atoms with Crippen molar-refractivity contribution in [3.05, 3.63) is 16.3 Å². The van der Waals surface area contributed by atoms with E-state index in [4.69, 9.17) is 4.74 Å². The van der Waals surface area contributed by atoms with E-state index < -0.39 is 0 Å². The van der Waals surface area contributed by atoms with Crippen molar-refractivity contribution in [1.82, 2.24) is 0 Å². The van der Waals surface area contributed by atoms with Gasteiger partial charge in [-0.2, -0.15) is 0 Å². The summed E-state index contributed by atoms with van der Waals surface area (Å²) in [7, 11) is 1.64. The minimum Gasteiger partial charge on any atom is -0.495 e. The van der Waals surface area contributed by atoms with E-state index in [1.807, 2.05) is 11.4 Å². The van der Waals surface area contributed by atoms with Crippen LogP contribution in [0, 0.1) is 5.92 Å². The zero-order chi connectivity index (χ0) is 10.6. The molecule has 1 atom stereocenters. The Morgan fingerprint density at radius 2 is 2.07 bits per heavy atom. The molecule has 80 valence electrons. The first-order valence-electron chi connectivity index (χ1n) is 5.04. The fraction of sp³-hybridized carbons (Fsp3) is 0.636. The van der Waals surface area contributed by atoms with Gasteiger partial charge in [-0.3, -0.25) is 0 Å². The summed E-state index contributed by atoms with van der Waals surface area (Å²) >= 11 is 1.57. The molecule has 0 amide bonds. The average Bonchev–Trinajstić information content (AvgIpc) is 2.67. The Kier molecular flexibility index (Phi) is 4.42. The molecule has 1 heterocycles. The third-order valence-electron chi connectivity index (χ3n) is 2.64. The SMILES string of the molecule is CCC(CC)C(O)c1sccc1OC. The van der Waals surface area contributed by atoms with E-state index >= 15 is 0 Å². The molecular formula is C11H18O2S. The highest BCUT2D eigenvalue weighted by molar-refractivity contribution is 7.10. The normalized spacial score (nSPS) is 13.2. The standard InChI is InChI=1S/C11H18O2S/c1-4-8(5-2)10(12)11-9(13-3)6-7-14-11/h6-8,10,12H,4-5H2,1-3H3. The van der Waals surface area contributed by atoms with Gasteiger partial charge in [0.05, 0.1) is 18.1 Å². The molecule has 0 spiro atoms. The smallest absolute Gasteiger partial charge is 0.135 e. The Morgan fingerprint density at radius 3 is 2.57 bits per heavy atom. The molecule has 1 aromatic rings. The van der Waals surface area contributed by atoms with E-state index in [1.54, 1.807) is 18.4 Å². The van der Waals surface area contributed by atoms with Crippen LogP contribution in [-0.2, 0) is 0 Å². The Morgan fingerprint density at radius 1 is 1.43 bits per heavy atom. The van der Waals surface area contributed by atoms with E-state index in [0.717, 1.165) is 23.5 Å². The number of methoxy groups -OCH3 is 1. The second-order valence-corrected chi connectivity index (χ2v) is 4.32. The van der Waals surface area contributed by atoms with Gasteiger partial charge in [-0.25, -0.2) is 0 Å². The molecule has 14 heavy (non-hydrogen) atoms. The zero-order valence-corrected chi connectivity index (χ0v) is 9.80. The van der Waals surface area contributed by atoms with Crippen molar-refractivity contribution in [2.24, 2.45) is 5.92 Å². The number of aliphatic hydroxyl groups excluding tert-OH is 1. The molecule has 0 fully saturated rings. The highest BCUT2D eigenvalue weighted by Crippen LogP contribution is 2.36. The van der Waals surface area contributed by atoms with Crippen LogP contribution in [0.4, 0.5) is 0 Å². The number of hydrogen-bond acceptors (Lipinski definition) is 3. The van der Waals surface area contributed by atoms with Crippen molar-refractivity contribution in [2.75, 3.05) is 7.11 Å². The van der Waals surface area contributed by atoms with Crippen LogP contribution >= 0.6 is 11.3 Å². The molecule has 1 rings (SSSR count). The van der Waals surface area contributed by atoms with Crippen LogP contribution in [0.3, 0.4) is 0 Å². The fourth-order valence-corrected chi connectivity index (χ4v) is 2.58. The molecule has 1 N–H and O–H groups in total. The van der Waals surface area contributed by atoms with Crippen LogP contribution in [0.2, 0.25) is 0 Å². The van der Waals surface area contributed by atoms with Gasteiger partial charge in [0.2, 0.25) is 0 Å². The summed E-state index contributed by atoms with van der Waals surface area (Å²) in [5, 5.41) is 12.1. The lowest BCUT2D eigenvalue weighted by Gasteiger charge is -2.19. The van der Waals surface area contributed by atoms with Gasteiger partial charge in [-0.05, 0) is 17.4 Å². The Balaban J connectivity index is 2.81. The highest BCUT2D eigenvalue weighted by atomic mass is 32.1. The molecular weight excluding hydrogens is 196 g/mol. The van der Waals surface area contributed by atoms with Crippen LogP contribution in [-0.4, -0.2) is 12.2 Å². The molecule has 0 aliphatic carbocycles. The number of ether oxygens (including phenoxy) is 1. The molecule has 1 unspecified atom stereocenters. The summed E-state index contributed by atoms with van der Waals surface area (Å²) in [6.45, 7) is 4.22. The van der Waals surface area contributed by atoms with Gasteiger partial charge in [0.1, 0.15) is 5.75 Å². The molecule has 0 saturated carbocycles. The quantitative estimate of drug-likeness (QED) is 0.815. The first-order valence-corrected chi connectivity index (χ1v) is 5.91. The third kappa shape index (κ3) is 2.28. The molecule has 1 aromatic heterocycles. The highest BCUT2D eigenvalue weighted by Gasteiger charge is 2.21. The summed E-state index contributed by atoms with van der Waals surface area (Å²) < 4.78 is 5.20. The van der Waals surface area contributed by atoms with Gasteiger partial charge >= 0.3 is 0 Å². The van der Waals surface area contributed by atoms with Gasteiger partial charge in [0.25, 0.3) is 0 Å². The number of thiophene rings is 1. The van der Waals surface area contributed by atoms with E-state index in [1.165, 1.54) is 0 Å². The molecule has 0 radical (unpaired) electrons. The Labute approximate surface area is 89.5 Å². The zero-order valence-electron chi connectivity index (χ0n) is 8.99. The van der Waals surface area contributed by atoms with Gasteiger partial charge in [0.15, 0.2) is 0 Å². The fourth-order valence-electron chi connectivity index (χ4n) is 1.64. The summed E-state index contributed by atoms with van der Waals surface area (Å²) in [5.41, 5.74) is 0. The van der Waals surface area contributed by atoms with Crippen LogP contribution in [0.1, 0.15) is 37.7 Å². The first kappa shape index (κ1) is 11.5. The second-order valence-electron chi connectivity index (χ2n) is 3.37. The van der Waals surface area contributed by atoms with Crippen molar-refractivity contribution in [3.63, 3.8) is 0 Å². The molecule has 0 aliphatic rings. The van der Waals surface area contributed by atoms with Crippen LogP contribution < -0.4 is 4.74 Å². The lowest BCUT2D eigenvalue weighted by molar-refractivity contribution is 0.104. The predicted octanol–water partition coefficient (Wildman–Crippen LogP) is 3.23. The van der Waals surface area contributed by atoms with E-state index in [-0.39, 0.29) is 6.10 Å². The van der Waals surface area contributed by atoms with Gasteiger partial charge < -0.3 is 9.84 Å². The predicted molar refractivity (Wildman–Crippen MR) is 59.9 cm³/mol. The molecule has 2 nitrogen and oxygen atoms in total. The van der Waals surface area contributed by atoms with Crippen molar-refractivity contribution in [1.29, 1.82) is 0 Å². The minimum absolute atomic E-state index is 0.336. The second kappa shape index (κ2) is 5.37. The maximum absolute atomic E-state index is 10.1. The molecule has 0 saturated heterocycles. The van der Waals surface area contributed by atoms with E-state index in [9.17, 15) is 5.11 Å². The van der Waals surface area contributed by atoms with Crippen molar-refractivity contribution < 1.29 is 9.84 Å². The monoisotopic (exact) mass is 214 g/mol. The van der Waals surface area contributed by atoms with Gasteiger partial charge in [-0.1, -0.05) is 26.7 Å². The van der Waals surface area contributed by atoms with Crippen LogP contribution in [0.25, 0.3) is 0 Å². The maximum Gasteiger partial charge on any atom is 0.135 e. The summed E-state index contributed by atoms with van der Waals surface area (Å²) in [6.07, 6.45) is 1.62. The molecule has 0 aliphatic heterocycles. The Hall–Kier alpha value is -0.540. The third-order valence-corrected chi connectivity index (χ3v) is 3.61. The number of aliphatic hydroxyl groups is 1. The molecule has 0 aromatic carbocycles. The number of hydrogen-bond donors (Lipinski definition) is 1. The maximum atomic E-state index is 10.1.